The van der Waals surface area contributed by atoms with Gasteiger partial charge in [-0.3, -0.25) is 0 Å². The summed E-state index contributed by atoms with van der Waals surface area (Å²) in [6.07, 6.45) is 0. The van der Waals surface area contributed by atoms with Crippen LogP contribution in [0.5, 0.6) is 0 Å². The molecule has 0 unspecified atom stereocenters. The molecule has 0 radical (unpaired) electrons. The first kappa shape index (κ1) is 10.2. The normalized spacial score (nSPS) is 9.33. The molecule has 0 saturated carbocycles. The molecule has 0 heterocycles. The van der Waals surface area contributed by atoms with Crippen LogP contribution < -0.4 is 57.1 Å². The maximum atomic E-state index is 5.76. The van der Waals surface area contributed by atoms with Crippen molar-refractivity contribution in [3.8, 4) is 0 Å². The van der Waals surface area contributed by atoms with Crippen molar-refractivity contribution >= 4 is 16.5 Å². The molecule has 0 saturated heterocycles. The van der Waals surface area contributed by atoms with Gasteiger partial charge < -0.3 is 5.73 Å². The molecule has 54 valence electrons. The minimum Gasteiger partial charge on any atom is -0.398 e. The van der Waals surface area contributed by atoms with Crippen LogP contribution in [0, 0.1) is 0 Å². The van der Waals surface area contributed by atoms with Crippen LogP contribution in [0.2, 0.25) is 0 Å². The van der Waals surface area contributed by atoms with E-state index in [1.54, 1.807) is 0 Å². The predicted molar refractivity (Wildman–Crippen MR) is 48.4 cm³/mol. The molecule has 0 aliphatic rings. The number of anilines is 1. The van der Waals surface area contributed by atoms with Gasteiger partial charge in [-0.1, -0.05) is 36.4 Å². The van der Waals surface area contributed by atoms with E-state index in [0.29, 0.717) is 0 Å². The summed E-state index contributed by atoms with van der Waals surface area (Å²) in [6.45, 7) is 0. The van der Waals surface area contributed by atoms with Gasteiger partial charge in [0.1, 0.15) is 0 Å². The first-order chi connectivity index (χ1) is 5.38. The molecule has 2 rings (SSSR count). The molecule has 0 aliphatic carbocycles. The Morgan fingerprint density at radius 2 is 1.50 bits per heavy atom. The average Bonchev–Trinajstić information content (AvgIpc) is 2.06. The zero-order valence-electron chi connectivity index (χ0n) is 7.12. The van der Waals surface area contributed by atoms with E-state index in [-0.39, 0.29) is 51.4 Å². The van der Waals surface area contributed by atoms with Crippen LogP contribution in [-0.4, -0.2) is 0 Å². The minimum absolute atomic E-state index is 0. The first-order valence-corrected chi connectivity index (χ1v) is 3.61. The Morgan fingerprint density at radius 3 is 2.25 bits per heavy atom. The monoisotopic (exact) mass is 182 g/mol. The molecule has 0 atom stereocenters. The van der Waals surface area contributed by atoms with Crippen molar-refractivity contribution in [1.29, 1.82) is 0 Å². The van der Waals surface area contributed by atoms with Crippen LogP contribution >= 0.6 is 0 Å². The largest absolute Gasteiger partial charge is 1.00 e. The minimum atomic E-state index is 0. The Labute approximate surface area is 114 Å². The van der Waals surface area contributed by atoms with Crippen LogP contribution in [0.25, 0.3) is 10.8 Å². The summed E-state index contributed by atoms with van der Waals surface area (Å²) in [6, 6.07) is 14.1. The second-order valence-electron chi connectivity index (χ2n) is 2.57. The first-order valence-electron chi connectivity index (χ1n) is 3.61. The third-order valence-electron chi connectivity index (χ3n) is 1.82. The molecule has 0 spiro atoms. The molecule has 0 amide bonds. The van der Waals surface area contributed by atoms with Gasteiger partial charge in [0.25, 0.3) is 0 Å². The predicted octanol–water partition coefficient (Wildman–Crippen LogP) is -0.574. The number of hydrogen-bond donors (Lipinski definition) is 1. The van der Waals surface area contributed by atoms with E-state index < -0.39 is 0 Å². The van der Waals surface area contributed by atoms with Crippen LogP contribution in [-0.2, 0) is 0 Å². The second-order valence-corrected chi connectivity index (χ2v) is 2.57. The van der Waals surface area contributed by atoms with E-state index in [2.05, 4.69) is 12.1 Å². The van der Waals surface area contributed by atoms with Crippen molar-refractivity contribution in [3.63, 3.8) is 0 Å². The number of hydrogen-bond acceptors (Lipinski definition) is 1. The summed E-state index contributed by atoms with van der Waals surface area (Å²) in [4.78, 5) is 0. The molecular weight excluding hydrogens is 173 g/mol. The second kappa shape index (κ2) is 4.39. The summed E-state index contributed by atoms with van der Waals surface area (Å²) in [5, 5.41) is 2.34. The molecule has 1 nitrogen and oxygen atoms in total. The molecule has 2 heteroatoms. The van der Waals surface area contributed by atoms with E-state index in [0.717, 1.165) is 11.1 Å². The van der Waals surface area contributed by atoms with Crippen molar-refractivity contribution in [2.45, 2.75) is 0 Å². The average molecular weight is 182 g/mol. The standard InChI is InChI=1S/C10H9N.K/c11-10-7-3-5-8-4-1-2-6-9(8)10;/h1-7H,11H2;/q;+1. The quantitative estimate of drug-likeness (QED) is 0.428. The fourth-order valence-corrected chi connectivity index (χ4v) is 1.25. The van der Waals surface area contributed by atoms with Crippen molar-refractivity contribution in [2.24, 2.45) is 0 Å². The maximum Gasteiger partial charge on any atom is 1.00 e. The Kier molecular flexibility index (Phi) is 3.74. The zero-order chi connectivity index (χ0) is 7.68. The summed E-state index contributed by atoms with van der Waals surface area (Å²) in [5.41, 5.74) is 6.61. The molecular formula is C10H9KN+. The number of nitrogens with two attached hydrogens (primary N) is 1. The Bertz CT molecular complexity index is 379. The Balaban J connectivity index is 0.000000720. The van der Waals surface area contributed by atoms with E-state index in [9.17, 15) is 0 Å². The number of fused-ring (bicyclic) bond motifs is 1. The summed E-state index contributed by atoms with van der Waals surface area (Å²) in [7, 11) is 0. The van der Waals surface area contributed by atoms with Gasteiger partial charge in [-0.05, 0) is 11.5 Å². The molecule has 0 fully saturated rings. The van der Waals surface area contributed by atoms with Gasteiger partial charge >= 0.3 is 51.4 Å². The van der Waals surface area contributed by atoms with Gasteiger partial charge in [0, 0.05) is 11.1 Å². The van der Waals surface area contributed by atoms with Crippen LogP contribution in [0.1, 0.15) is 0 Å². The summed E-state index contributed by atoms with van der Waals surface area (Å²) < 4.78 is 0. The summed E-state index contributed by atoms with van der Waals surface area (Å²) in [5.74, 6) is 0. The smallest absolute Gasteiger partial charge is 0.398 e. The SMILES string of the molecule is Nc1cccc2ccccc12.[K+]. The van der Waals surface area contributed by atoms with Gasteiger partial charge in [0.2, 0.25) is 0 Å². The van der Waals surface area contributed by atoms with Gasteiger partial charge in [-0.15, -0.1) is 0 Å². The van der Waals surface area contributed by atoms with Gasteiger partial charge in [0.05, 0.1) is 0 Å². The van der Waals surface area contributed by atoms with Crippen molar-refractivity contribution in [2.75, 3.05) is 5.73 Å². The van der Waals surface area contributed by atoms with Crippen molar-refractivity contribution in [1.82, 2.24) is 0 Å². The van der Waals surface area contributed by atoms with E-state index in [1.165, 1.54) is 5.39 Å². The van der Waals surface area contributed by atoms with E-state index in [1.807, 2.05) is 30.3 Å². The van der Waals surface area contributed by atoms with Crippen LogP contribution in [0.4, 0.5) is 5.69 Å². The Morgan fingerprint density at radius 1 is 0.833 bits per heavy atom. The third kappa shape index (κ3) is 1.89. The number of benzene rings is 2. The fourth-order valence-electron chi connectivity index (χ4n) is 1.25. The molecule has 2 aromatic carbocycles. The molecule has 0 bridgehead atoms. The van der Waals surface area contributed by atoms with Gasteiger partial charge in [0.15, 0.2) is 0 Å². The fraction of sp³-hybridized carbons (Fsp3) is 0. The van der Waals surface area contributed by atoms with Crippen LogP contribution in [0.15, 0.2) is 42.5 Å². The molecule has 12 heavy (non-hydrogen) atoms. The molecule has 0 aromatic heterocycles. The summed E-state index contributed by atoms with van der Waals surface area (Å²) >= 11 is 0. The van der Waals surface area contributed by atoms with E-state index >= 15 is 0 Å². The molecule has 2 N–H and O–H groups in total. The molecule has 2 aromatic rings. The van der Waals surface area contributed by atoms with Crippen LogP contribution in [0.3, 0.4) is 0 Å². The Hall–Kier alpha value is 0.136. The maximum absolute atomic E-state index is 5.76. The van der Waals surface area contributed by atoms with Crippen molar-refractivity contribution in [3.05, 3.63) is 42.5 Å². The number of rotatable bonds is 0. The van der Waals surface area contributed by atoms with E-state index in [4.69, 9.17) is 5.73 Å². The molecule has 0 aliphatic heterocycles. The number of nitrogen functional groups attached to an aromatic ring is 1. The third-order valence-corrected chi connectivity index (χ3v) is 1.82. The zero-order valence-corrected chi connectivity index (χ0v) is 10.2. The topological polar surface area (TPSA) is 26.0 Å². The van der Waals surface area contributed by atoms with Gasteiger partial charge in [-0.2, -0.15) is 0 Å². The van der Waals surface area contributed by atoms with Crippen molar-refractivity contribution < 1.29 is 51.4 Å². The van der Waals surface area contributed by atoms with Gasteiger partial charge in [-0.25, -0.2) is 0 Å².